The molecular formula is C18H27N3O. The second-order valence-corrected chi connectivity index (χ2v) is 7.13. The molecule has 0 bridgehead atoms. The number of aromatic nitrogens is 2. The molecule has 2 heterocycles. The van der Waals surface area contributed by atoms with Gasteiger partial charge in [0, 0.05) is 25.2 Å². The van der Waals surface area contributed by atoms with Gasteiger partial charge in [-0.3, -0.25) is 0 Å². The van der Waals surface area contributed by atoms with Gasteiger partial charge < -0.3 is 9.64 Å². The first-order valence-electron chi connectivity index (χ1n) is 9.12. The number of ether oxygens (including phenoxy) is 1. The maximum Gasteiger partial charge on any atom is 0.133 e. The summed E-state index contributed by atoms with van der Waals surface area (Å²) < 4.78 is 6.33. The van der Waals surface area contributed by atoms with E-state index in [0.29, 0.717) is 18.1 Å². The molecule has 0 atom stereocenters. The summed E-state index contributed by atoms with van der Waals surface area (Å²) in [5.41, 5.74) is 0. The predicted octanol–water partition coefficient (Wildman–Crippen LogP) is 3.67. The number of rotatable bonds is 4. The minimum Gasteiger partial charge on any atom is -0.375 e. The van der Waals surface area contributed by atoms with Gasteiger partial charge in [-0.25, -0.2) is 9.97 Å². The van der Waals surface area contributed by atoms with Crippen molar-refractivity contribution in [2.75, 3.05) is 18.0 Å². The molecule has 0 N–H and O–H groups in total. The molecule has 1 aromatic rings. The van der Waals surface area contributed by atoms with Crippen LogP contribution in [0.5, 0.6) is 0 Å². The van der Waals surface area contributed by atoms with Crippen molar-refractivity contribution in [1.29, 1.82) is 0 Å². The van der Waals surface area contributed by atoms with E-state index in [0.717, 1.165) is 37.6 Å². The van der Waals surface area contributed by atoms with Crippen LogP contribution in [-0.2, 0) is 4.74 Å². The molecule has 0 aromatic carbocycles. The Labute approximate surface area is 133 Å². The van der Waals surface area contributed by atoms with Crippen LogP contribution in [0, 0.1) is 0 Å². The van der Waals surface area contributed by atoms with Gasteiger partial charge in [-0.15, -0.1) is 0 Å². The fraction of sp³-hybridized carbons (Fsp3) is 0.778. The summed E-state index contributed by atoms with van der Waals surface area (Å²) in [7, 11) is 0. The molecule has 2 saturated carbocycles. The fourth-order valence-corrected chi connectivity index (χ4v) is 3.77. The second kappa shape index (κ2) is 6.53. The van der Waals surface area contributed by atoms with E-state index in [1.54, 1.807) is 0 Å². The molecular weight excluding hydrogens is 274 g/mol. The first-order valence-corrected chi connectivity index (χ1v) is 9.12. The maximum absolute atomic E-state index is 6.33. The van der Waals surface area contributed by atoms with Crippen LogP contribution >= 0.6 is 0 Å². The first-order chi connectivity index (χ1) is 10.9. The van der Waals surface area contributed by atoms with Gasteiger partial charge in [0.05, 0.1) is 12.2 Å². The predicted molar refractivity (Wildman–Crippen MR) is 87.2 cm³/mol. The molecule has 22 heavy (non-hydrogen) atoms. The molecule has 4 heteroatoms. The van der Waals surface area contributed by atoms with Gasteiger partial charge in [0.1, 0.15) is 11.6 Å². The van der Waals surface area contributed by atoms with E-state index in [-0.39, 0.29) is 0 Å². The summed E-state index contributed by atoms with van der Waals surface area (Å²) in [6, 6.07) is 2.06. The van der Waals surface area contributed by atoms with Gasteiger partial charge in [-0.2, -0.15) is 0 Å². The molecule has 3 fully saturated rings. The quantitative estimate of drug-likeness (QED) is 0.850. The molecule has 1 aliphatic heterocycles. The lowest BCUT2D eigenvalue weighted by atomic mass is 9.97. The zero-order valence-electron chi connectivity index (χ0n) is 13.4. The van der Waals surface area contributed by atoms with E-state index >= 15 is 0 Å². The topological polar surface area (TPSA) is 38.2 Å². The number of nitrogens with zero attached hydrogens (tertiary/aromatic N) is 3. The summed E-state index contributed by atoms with van der Waals surface area (Å²) in [4.78, 5) is 11.6. The second-order valence-electron chi connectivity index (χ2n) is 7.13. The Kier molecular flexibility index (Phi) is 4.28. The van der Waals surface area contributed by atoms with E-state index in [1.165, 1.54) is 44.9 Å². The molecule has 0 spiro atoms. The van der Waals surface area contributed by atoms with Crippen LogP contribution in [-0.4, -0.2) is 35.3 Å². The van der Waals surface area contributed by atoms with E-state index in [4.69, 9.17) is 9.72 Å². The Hall–Kier alpha value is -1.16. The van der Waals surface area contributed by atoms with Crippen molar-refractivity contribution in [2.45, 2.75) is 75.9 Å². The highest BCUT2D eigenvalue weighted by Crippen LogP contribution is 2.38. The summed E-state index contributed by atoms with van der Waals surface area (Å²) in [6.45, 7) is 2.14. The highest BCUT2D eigenvalue weighted by atomic mass is 16.5. The van der Waals surface area contributed by atoms with Crippen LogP contribution in [0.25, 0.3) is 0 Å². The molecule has 1 aromatic heterocycles. The monoisotopic (exact) mass is 301 g/mol. The first kappa shape index (κ1) is 14.4. The van der Waals surface area contributed by atoms with Crippen molar-refractivity contribution in [3.05, 3.63) is 18.1 Å². The average Bonchev–Trinajstić information content (AvgIpc) is 3.42. The fourth-order valence-electron chi connectivity index (χ4n) is 3.77. The minimum absolute atomic E-state index is 0.462. The summed E-state index contributed by atoms with van der Waals surface area (Å²) in [6.07, 6.45) is 14.4. The standard InChI is InChI=1S/C18H27N3O/c1-2-4-15(5-3-1)22-16-9-12-21(13-10-16)17-8-11-19-18(20-17)14-6-7-14/h8,11,14-16H,1-7,9-10,12-13H2. The third-order valence-electron chi connectivity index (χ3n) is 5.31. The van der Waals surface area contributed by atoms with Gasteiger partial charge in [-0.1, -0.05) is 19.3 Å². The summed E-state index contributed by atoms with van der Waals surface area (Å²) in [5.74, 6) is 2.80. The van der Waals surface area contributed by atoms with Crippen LogP contribution in [0.4, 0.5) is 5.82 Å². The van der Waals surface area contributed by atoms with Crippen molar-refractivity contribution in [3.8, 4) is 0 Å². The lowest BCUT2D eigenvalue weighted by Gasteiger charge is -2.35. The van der Waals surface area contributed by atoms with Gasteiger partial charge in [0.15, 0.2) is 0 Å². The summed E-state index contributed by atoms with van der Waals surface area (Å²) >= 11 is 0. The van der Waals surface area contributed by atoms with Crippen LogP contribution in [0.3, 0.4) is 0 Å². The van der Waals surface area contributed by atoms with E-state index in [2.05, 4.69) is 16.0 Å². The highest BCUT2D eigenvalue weighted by Gasteiger charge is 2.28. The van der Waals surface area contributed by atoms with Crippen molar-refractivity contribution in [2.24, 2.45) is 0 Å². The molecule has 0 amide bonds. The molecule has 0 radical (unpaired) electrons. The Morgan fingerprint density at radius 2 is 1.64 bits per heavy atom. The van der Waals surface area contributed by atoms with E-state index in [9.17, 15) is 0 Å². The molecule has 2 aliphatic carbocycles. The van der Waals surface area contributed by atoms with Gasteiger partial charge in [0.2, 0.25) is 0 Å². The lowest BCUT2D eigenvalue weighted by molar-refractivity contribution is -0.0395. The van der Waals surface area contributed by atoms with Gasteiger partial charge in [0.25, 0.3) is 0 Å². The Balaban J connectivity index is 1.30. The number of anilines is 1. The zero-order chi connectivity index (χ0) is 14.8. The third-order valence-corrected chi connectivity index (χ3v) is 5.31. The summed E-state index contributed by atoms with van der Waals surface area (Å²) in [5, 5.41) is 0. The molecule has 4 nitrogen and oxygen atoms in total. The highest BCUT2D eigenvalue weighted by molar-refractivity contribution is 5.38. The van der Waals surface area contributed by atoms with E-state index in [1.807, 2.05) is 6.20 Å². The maximum atomic E-state index is 6.33. The third kappa shape index (κ3) is 3.43. The average molecular weight is 301 g/mol. The molecule has 1 saturated heterocycles. The van der Waals surface area contributed by atoms with Crippen LogP contribution in [0.2, 0.25) is 0 Å². The lowest BCUT2D eigenvalue weighted by Crippen LogP contribution is -2.39. The number of hydrogen-bond acceptors (Lipinski definition) is 4. The largest absolute Gasteiger partial charge is 0.375 e. The van der Waals surface area contributed by atoms with Crippen LogP contribution in [0.1, 0.15) is 69.5 Å². The number of piperidine rings is 1. The van der Waals surface area contributed by atoms with Crippen molar-refractivity contribution >= 4 is 5.82 Å². The van der Waals surface area contributed by atoms with Crippen LogP contribution in [0.15, 0.2) is 12.3 Å². The Morgan fingerprint density at radius 1 is 0.909 bits per heavy atom. The normalized spacial score (nSPS) is 24.6. The van der Waals surface area contributed by atoms with Crippen LogP contribution < -0.4 is 4.90 Å². The van der Waals surface area contributed by atoms with Crippen molar-refractivity contribution < 1.29 is 4.74 Å². The molecule has 4 rings (SSSR count). The smallest absolute Gasteiger partial charge is 0.133 e. The molecule has 120 valence electrons. The molecule has 3 aliphatic rings. The van der Waals surface area contributed by atoms with Crippen molar-refractivity contribution in [3.63, 3.8) is 0 Å². The van der Waals surface area contributed by atoms with Gasteiger partial charge >= 0.3 is 0 Å². The Morgan fingerprint density at radius 3 is 2.36 bits per heavy atom. The number of hydrogen-bond donors (Lipinski definition) is 0. The molecule has 0 unspecified atom stereocenters. The SMILES string of the molecule is c1cc(N2CCC(OC3CCCCC3)CC2)nc(C2CC2)n1. The minimum atomic E-state index is 0.462. The van der Waals surface area contributed by atoms with Gasteiger partial charge in [-0.05, 0) is 44.6 Å². The van der Waals surface area contributed by atoms with E-state index < -0.39 is 0 Å². The van der Waals surface area contributed by atoms with Crippen molar-refractivity contribution in [1.82, 2.24) is 9.97 Å². The Bertz CT molecular complexity index is 489. The zero-order valence-corrected chi connectivity index (χ0v) is 13.4.